The van der Waals surface area contributed by atoms with Gasteiger partial charge in [-0.2, -0.15) is 0 Å². The van der Waals surface area contributed by atoms with E-state index in [4.69, 9.17) is 4.42 Å². The lowest BCUT2D eigenvalue weighted by Crippen LogP contribution is -2.35. The molecule has 1 fully saturated rings. The van der Waals surface area contributed by atoms with E-state index < -0.39 is 0 Å². The van der Waals surface area contributed by atoms with Gasteiger partial charge in [0.05, 0.1) is 0 Å². The van der Waals surface area contributed by atoms with Crippen LogP contribution in [0.5, 0.6) is 0 Å². The number of aryl methyl sites for hydroxylation is 2. The maximum absolute atomic E-state index is 14.6. The van der Waals surface area contributed by atoms with Crippen LogP contribution in [0.2, 0.25) is 0 Å². The van der Waals surface area contributed by atoms with Crippen molar-refractivity contribution in [2.75, 3.05) is 27.2 Å². The number of likely N-dealkylation sites (tertiary alicyclic amines) is 1. The summed E-state index contributed by atoms with van der Waals surface area (Å²) >= 11 is 0. The second-order valence-electron chi connectivity index (χ2n) is 8.71. The second-order valence-corrected chi connectivity index (χ2v) is 8.71. The summed E-state index contributed by atoms with van der Waals surface area (Å²) in [4.78, 5) is 4.79. The molecule has 30 heavy (non-hydrogen) atoms. The first kappa shape index (κ1) is 19.4. The average Bonchev–Trinajstić information content (AvgIpc) is 3.46. The molecule has 5 rings (SSSR count). The highest BCUT2D eigenvalue weighted by Gasteiger charge is 2.41. The SMILES string of the molecule is Cc1nnc(-c2ccc([C@@H]3CN(C4CCc5cccc(F)c54)C[C@H]3N(C)C)cc2)o1. The molecule has 2 heterocycles. The van der Waals surface area contributed by atoms with Gasteiger partial charge in [0.1, 0.15) is 5.82 Å². The average molecular weight is 407 g/mol. The Kier molecular flexibility index (Phi) is 4.91. The smallest absolute Gasteiger partial charge is 0.247 e. The van der Waals surface area contributed by atoms with Crippen LogP contribution >= 0.6 is 0 Å². The minimum atomic E-state index is -0.0564. The lowest BCUT2D eigenvalue weighted by molar-refractivity contribution is 0.213. The fourth-order valence-electron chi connectivity index (χ4n) is 5.18. The first-order valence-corrected chi connectivity index (χ1v) is 10.6. The first-order chi connectivity index (χ1) is 14.5. The van der Waals surface area contributed by atoms with E-state index in [0.717, 1.165) is 37.1 Å². The maximum atomic E-state index is 14.6. The van der Waals surface area contributed by atoms with Gasteiger partial charge in [-0.3, -0.25) is 4.90 Å². The normalized spacial score (nSPS) is 24.0. The third-order valence-electron chi connectivity index (χ3n) is 6.70. The number of halogens is 1. The minimum absolute atomic E-state index is 0.0564. The van der Waals surface area contributed by atoms with Crippen molar-refractivity contribution in [3.8, 4) is 11.5 Å². The molecule has 0 N–H and O–H groups in total. The van der Waals surface area contributed by atoms with Crippen molar-refractivity contribution < 1.29 is 8.81 Å². The van der Waals surface area contributed by atoms with E-state index in [2.05, 4.69) is 64.4 Å². The summed E-state index contributed by atoms with van der Waals surface area (Å²) in [7, 11) is 4.28. The highest BCUT2D eigenvalue weighted by molar-refractivity contribution is 5.53. The van der Waals surface area contributed by atoms with Crippen LogP contribution in [0.25, 0.3) is 11.5 Å². The molecule has 2 aliphatic rings. The Morgan fingerprint density at radius 1 is 1.07 bits per heavy atom. The molecule has 3 aromatic rings. The van der Waals surface area contributed by atoms with Crippen molar-refractivity contribution in [3.63, 3.8) is 0 Å². The maximum Gasteiger partial charge on any atom is 0.247 e. The van der Waals surface area contributed by atoms with E-state index in [1.807, 2.05) is 6.07 Å². The molecule has 5 nitrogen and oxygen atoms in total. The van der Waals surface area contributed by atoms with Crippen LogP contribution in [0.4, 0.5) is 4.39 Å². The largest absolute Gasteiger partial charge is 0.421 e. The van der Waals surface area contributed by atoms with Gasteiger partial charge in [-0.25, -0.2) is 4.39 Å². The van der Waals surface area contributed by atoms with Crippen molar-refractivity contribution in [1.82, 2.24) is 20.0 Å². The monoisotopic (exact) mass is 406 g/mol. The highest BCUT2D eigenvalue weighted by atomic mass is 19.1. The van der Waals surface area contributed by atoms with Gasteiger partial charge in [-0.1, -0.05) is 24.3 Å². The molecule has 1 unspecified atom stereocenters. The summed E-state index contributed by atoms with van der Waals surface area (Å²) in [5.74, 6) is 1.43. The fourth-order valence-corrected chi connectivity index (χ4v) is 5.18. The number of likely N-dealkylation sites (N-methyl/N-ethyl adjacent to an activating group) is 1. The molecule has 3 atom stereocenters. The number of rotatable bonds is 4. The van der Waals surface area contributed by atoms with Crippen LogP contribution in [0.3, 0.4) is 0 Å². The second kappa shape index (κ2) is 7.60. The van der Waals surface area contributed by atoms with E-state index in [-0.39, 0.29) is 11.9 Å². The van der Waals surface area contributed by atoms with Crippen molar-refractivity contribution >= 4 is 0 Å². The van der Waals surface area contributed by atoms with Gasteiger partial charge >= 0.3 is 0 Å². The molecule has 156 valence electrons. The molecule has 6 heteroatoms. The Hall–Kier alpha value is -2.57. The Balaban J connectivity index is 1.41. The molecule has 1 aromatic heterocycles. The lowest BCUT2D eigenvalue weighted by Gasteiger charge is -2.26. The van der Waals surface area contributed by atoms with Crippen LogP contribution in [-0.2, 0) is 6.42 Å². The predicted octanol–water partition coefficient (Wildman–Crippen LogP) is 4.20. The van der Waals surface area contributed by atoms with Crippen molar-refractivity contribution in [3.05, 3.63) is 70.9 Å². The van der Waals surface area contributed by atoms with Crippen LogP contribution in [0, 0.1) is 12.7 Å². The number of hydrogen-bond donors (Lipinski definition) is 0. The van der Waals surface area contributed by atoms with E-state index in [9.17, 15) is 4.39 Å². The zero-order chi connectivity index (χ0) is 20.8. The molecule has 0 radical (unpaired) electrons. The summed E-state index contributed by atoms with van der Waals surface area (Å²) in [6, 6.07) is 14.5. The molecule has 1 saturated heterocycles. The van der Waals surface area contributed by atoms with Crippen molar-refractivity contribution in [2.45, 2.75) is 37.8 Å². The van der Waals surface area contributed by atoms with Gasteiger partial charge in [0.25, 0.3) is 0 Å². The highest BCUT2D eigenvalue weighted by Crippen LogP contribution is 2.42. The predicted molar refractivity (Wildman–Crippen MR) is 114 cm³/mol. The number of hydrogen-bond acceptors (Lipinski definition) is 5. The Labute approximate surface area is 176 Å². The van der Waals surface area contributed by atoms with Crippen LogP contribution in [0.1, 0.15) is 41.0 Å². The van der Waals surface area contributed by atoms with E-state index in [1.165, 1.54) is 11.1 Å². The van der Waals surface area contributed by atoms with Crippen molar-refractivity contribution in [2.24, 2.45) is 0 Å². The van der Waals surface area contributed by atoms with E-state index in [1.54, 1.807) is 13.0 Å². The van der Waals surface area contributed by atoms with E-state index >= 15 is 0 Å². The fraction of sp³-hybridized carbons (Fsp3) is 0.417. The van der Waals surface area contributed by atoms with Gasteiger partial charge < -0.3 is 9.32 Å². The topological polar surface area (TPSA) is 45.4 Å². The third kappa shape index (κ3) is 3.34. The summed E-state index contributed by atoms with van der Waals surface area (Å²) in [6.45, 7) is 3.67. The Morgan fingerprint density at radius 3 is 2.57 bits per heavy atom. The summed E-state index contributed by atoms with van der Waals surface area (Å²) < 4.78 is 20.2. The molecular weight excluding hydrogens is 379 g/mol. The molecular formula is C24H27FN4O. The number of aromatic nitrogens is 2. The van der Waals surface area contributed by atoms with Gasteiger partial charge in [-0.15, -0.1) is 10.2 Å². The van der Waals surface area contributed by atoms with Crippen LogP contribution in [-0.4, -0.2) is 53.2 Å². The van der Waals surface area contributed by atoms with Crippen molar-refractivity contribution in [1.29, 1.82) is 0 Å². The molecule has 1 aliphatic heterocycles. The first-order valence-electron chi connectivity index (χ1n) is 10.6. The third-order valence-corrected chi connectivity index (χ3v) is 6.70. The molecule has 0 spiro atoms. The number of fused-ring (bicyclic) bond motifs is 1. The quantitative estimate of drug-likeness (QED) is 0.650. The summed E-state index contributed by atoms with van der Waals surface area (Å²) in [5, 5.41) is 8.03. The number of benzene rings is 2. The summed E-state index contributed by atoms with van der Waals surface area (Å²) in [5.41, 5.74) is 4.31. The zero-order valence-corrected chi connectivity index (χ0v) is 17.7. The molecule has 0 amide bonds. The molecule has 2 aromatic carbocycles. The Bertz CT molecular complexity index is 1050. The Morgan fingerprint density at radius 2 is 1.87 bits per heavy atom. The van der Waals surface area contributed by atoms with Crippen LogP contribution < -0.4 is 0 Å². The van der Waals surface area contributed by atoms with Gasteiger partial charge in [0, 0.05) is 49.1 Å². The van der Waals surface area contributed by atoms with E-state index in [0.29, 0.717) is 23.7 Å². The minimum Gasteiger partial charge on any atom is -0.421 e. The van der Waals surface area contributed by atoms with Gasteiger partial charge in [0.15, 0.2) is 0 Å². The van der Waals surface area contributed by atoms with Gasteiger partial charge in [-0.05, 0) is 56.3 Å². The molecule has 0 bridgehead atoms. The molecule has 1 aliphatic carbocycles. The standard InChI is InChI=1S/C24H27FN4O/c1-15-26-27-24(30-15)18-9-7-16(8-10-18)19-13-29(14-22(19)28(2)3)21-12-11-17-5-4-6-20(25)23(17)21/h4-10,19,21-22H,11-14H2,1-3H3/t19-,21?,22+/m0/s1. The van der Waals surface area contributed by atoms with Crippen LogP contribution in [0.15, 0.2) is 46.9 Å². The molecule has 0 saturated carbocycles. The zero-order valence-electron chi connectivity index (χ0n) is 17.7. The summed E-state index contributed by atoms with van der Waals surface area (Å²) in [6.07, 6.45) is 1.96. The van der Waals surface area contributed by atoms with Gasteiger partial charge in [0.2, 0.25) is 11.8 Å². The number of nitrogens with zero attached hydrogens (tertiary/aromatic N) is 4. The lowest BCUT2D eigenvalue weighted by atomic mass is 9.93.